The summed E-state index contributed by atoms with van der Waals surface area (Å²) in [5.41, 5.74) is 0. The molecule has 0 spiro atoms. The van der Waals surface area contributed by atoms with Crippen LogP contribution in [0.4, 0.5) is 0 Å². The molecular formula is C10H17O2. The monoisotopic (exact) mass is 169 g/mol. The Balaban J connectivity index is 2.10. The number of ether oxygens (including phenoxy) is 1. The number of carbonyl (C=O) groups excluding carboxylic acids is 1. The molecule has 1 fully saturated rings. The van der Waals surface area contributed by atoms with Crippen LogP contribution in [0.3, 0.4) is 0 Å². The van der Waals surface area contributed by atoms with E-state index < -0.39 is 0 Å². The van der Waals surface area contributed by atoms with Gasteiger partial charge in [0, 0.05) is 0 Å². The molecule has 1 aliphatic rings. The first-order chi connectivity index (χ1) is 5.84. The van der Waals surface area contributed by atoms with Crippen LogP contribution < -0.4 is 0 Å². The maximum Gasteiger partial charge on any atom is 0.313 e. The van der Waals surface area contributed by atoms with E-state index in [9.17, 15) is 4.79 Å². The fourth-order valence-corrected chi connectivity index (χ4v) is 1.42. The van der Waals surface area contributed by atoms with Crippen molar-refractivity contribution in [2.45, 2.75) is 45.4 Å². The van der Waals surface area contributed by atoms with Crippen LogP contribution in [0.2, 0.25) is 0 Å². The van der Waals surface area contributed by atoms with E-state index in [0.29, 0.717) is 6.61 Å². The minimum absolute atomic E-state index is 0.0408. The number of unbranched alkanes of at least 4 members (excludes halogenated alkanes) is 1. The first kappa shape index (κ1) is 9.56. The van der Waals surface area contributed by atoms with E-state index in [-0.39, 0.29) is 5.97 Å². The summed E-state index contributed by atoms with van der Waals surface area (Å²) in [6, 6.07) is 0. The fourth-order valence-electron chi connectivity index (χ4n) is 1.42. The summed E-state index contributed by atoms with van der Waals surface area (Å²) in [4.78, 5) is 11.3. The third-order valence-electron chi connectivity index (χ3n) is 2.23. The molecule has 0 N–H and O–H groups in total. The molecule has 0 unspecified atom stereocenters. The van der Waals surface area contributed by atoms with Crippen LogP contribution in [0.15, 0.2) is 0 Å². The average molecular weight is 169 g/mol. The third-order valence-corrected chi connectivity index (χ3v) is 2.23. The van der Waals surface area contributed by atoms with Crippen molar-refractivity contribution < 1.29 is 9.53 Å². The molecule has 0 heterocycles. The lowest BCUT2D eigenvalue weighted by molar-refractivity contribution is -0.141. The highest BCUT2D eigenvalue weighted by molar-refractivity contribution is 5.84. The lowest BCUT2D eigenvalue weighted by Crippen LogP contribution is -2.13. The van der Waals surface area contributed by atoms with Crippen LogP contribution in [0.1, 0.15) is 45.4 Å². The second-order valence-electron chi connectivity index (χ2n) is 3.30. The van der Waals surface area contributed by atoms with Crippen molar-refractivity contribution in [1.82, 2.24) is 0 Å². The van der Waals surface area contributed by atoms with Gasteiger partial charge in [-0.15, -0.1) is 0 Å². The number of rotatable bonds is 4. The van der Waals surface area contributed by atoms with Gasteiger partial charge in [-0.2, -0.15) is 0 Å². The predicted octanol–water partition coefficient (Wildman–Crippen LogP) is 2.48. The molecule has 0 saturated heterocycles. The van der Waals surface area contributed by atoms with Gasteiger partial charge in [-0.25, -0.2) is 0 Å². The van der Waals surface area contributed by atoms with Gasteiger partial charge in [0.15, 0.2) is 0 Å². The van der Waals surface area contributed by atoms with Crippen LogP contribution in [0, 0.1) is 5.92 Å². The van der Waals surface area contributed by atoms with Crippen molar-refractivity contribution in [3.8, 4) is 0 Å². The third kappa shape index (κ3) is 2.84. The minimum Gasteiger partial charge on any atom is -0.465 e. The first-order valence-electron chi connectivity index (χ1n) is 4.86. The Morgan fingerprint density at radius 1 is 1.42 bits per heavy atom. The molecule has 2 heteroatoms. The molecule has 69 valence electrons. The lowest BCUT2D eigenvalue weighted by Gasteiger charge is -2.07. The Morgan fingerprint density at radius 2 is 2.08 bits per heavy atom. The highest BCUT2D eigenvalue weighted by Gasteiger charge is 2.24. The average Bonchev–Trinajstić information content (AvgIpc) is 2.56. The SMILES string of the molecule is CCCCOC(=O)[C]1CCCC1. The second-order valence-corrected chi connectivity index (χ2v) is 3.30. The first-order valence-corrected chi connectivity index (χ1v) is 4.86. The molecule has 0 aromatic heterocycles. The van der Waals surface area contributed by atoms with Crippen LogP contribution in [0.5, 0.6) is 0 Å². The molecule has 1 radical (unpaired) electrons. The Labute approximate surface area is 74.3 Å². The van der Waals surface area contributed by atoms with Crippen molar-refractivity contribution in [1.29, 1.82) is 0 Å². The molecule has 0 atom stereocenters. The molecule has 1 aliphatic carbocycles. The van der Waals surface area contributed by atoms with Crippen molar-refractivity contribution >= 4 is 5.97 Å². The van der Waals surface area contributed by atoms with Gasteiger partial charge in [0.25, 0.3) is 0 Å². The Morgan fingerprint density at radius 3 is 2.67 bits per heavy atom. The molecule has 0 amide bonds. The maximum atomic E-state index is 11.3. The molecule has 1 saturated carbocycles. The second kappa shape index (κ2) is 5.18. The van der Waals surface area contributed by atoms with Gasteiger partial charge in [-0.05, 0) is 19.3 Å². The summed E-state index contributed by atoms with van der Waals surface area (Å²) in [6.07, 6.45) is 6.33. The maximum absolute atomic E-state index is 11.3. The zero-order valence-electron chi connectivity index (χ0n) is 7.77. The van der Waals surface area contributed by atoms with Crippen molar-refractivity contribution in [2.24, 2.45) is 0 Å². The van der Waals surface area contributed by atoms with Crippen molar-refractivity contribution in [2.75, 3.05) is 6.61 Å². The van der Waals surface area contributed by atoms with Crippen LogP contribution >= 0.6 is 0 Å². The Bertz CT molecular complexity index is 137. The van der Waals surface area contributed by atoms with E-state index >= 15 is 0 Å². The molecule has 0 bridgehead atoms. The van der Waals surface area contributed by atoms with E-state index in [2.05, 4.69) is 6.92 Å². The highest BCUT2D eigenvalue weighted by atomic mass is 16.5. The largest absolute Gasteiger partial charge is 0.465 e. The predicted molar refractivity (Wildman–Crippen MR) is 47.6 cm³/mol. The van der Waals surface area contributed by atoms with Gasteiger partial charge >= 0.3 is 5.97 Å². The molecule has 12 heavy (non-hydrogen) atoms. The van der Waals surface area contributed by atoms with Crippen molar-refractivity contribution in [3.63, 3.8) is 0 Å². The number of hydrogen-bond acceptors (Lipinski definition) is 2. The number of esters is 1. The summed E-state index contributed by atoms with van der Waals surface area (Å²) < 4.78 is 5.09. The highest BCUT2D eigenvalue weighted by Crippen LogP contribution is 2.27. The molecule has 0 aliphatic heterocycles. The van der Waals surface area contributed by atoms with Gasteiger partial charge in [0.2, 0.25) is 0 Å². The Kier molecular flexibility index (Phi) is 4.12. The smallest absolute Gasteiger partial charge is 0.313 e. The van der Waals surface area contributed by atoms with Gasteiger partial charge in [0.1, 0.15) is 0 Å². The van der Waals surface area contributed by atoms with E-state index in [1.54, 1.807) is 0 Å². The number of carbonyl (C=O) groups is 1. The summed E-state index contributed by atoms with van der Waals surface area (Å²) in [7, 11) is 0. The summed E-state index contributed by atoms with van der Waals surface area (Å²) >= 11 is 0. The van der Waals surface area contributed by atoms with Gasteiger partial charge in [-0.3, -0.25) is 4.79 Å². The quantitative estimate of drug-likeness (QED) is 0.477. The lowest BCUT2D eigenvalue weighted by atomic mass is 10.1. The minimum atomic E-state index is -0.0408. The standard InChI is InChI=1S/C10H17O2/c1-2-3-8-12-10(11)9-6-4-5-7-9/h2-8H2,1H3. The fraction of sp³-hybridized carbons (Fsp3) is 0.800. The molecule has 2 nitrogen and oxygen atoms in total. The number of hydrogen-bond donors (Lipinski definition) is 0. The zero-order valence-corrected chi connectivity index (χ0v) is 7.77. The van der Waals surface area contributed by atoms with Crippen LogP contribution in [-0.2, 0) is 9.53 Å². The van der Waals surface area contributed by atoms with E-state index in [0.717, 1.165) is 44.4 Å². The molecule has 0 aromatic carbocycles. The molecule has 1 rings (SSSR count). The van der Waals surface area contributed by atoms with Crippen LogP contribution in [-0.4, -0.2) is 12.6 Å². The molecular weight excluding hydrogens is 152 g/mol. The summed E-state index contributed by atoms with van der Waals surface area (Å²) in [5.74, 6) is 0.965. The van der Waals surface area contributed by atoms with Crippen LogP contribution in [0.25, 0.3) is 0 Å². The summed E-state index contributed by atoms with van der Waals surface area (Å²) in [5, 5.41) is 0. The van der Waals surface area contributed by atoms with E-state index in [4.69, 9.17) is 4.74 Å². The topological polar surface area (TPSA) is 26.3 Å². The Hall–Kier alpha value is -0.530. The van der Waals surface area contributed by atoms with Crippen molar-refractivity contribution in [3.05, 3.63) is 5.92 Å². The van der Waals surface area contributed by atoms with Gasteiger partial charge in [-0.1, -0.05) is 26.2 Å². The summed E-state index contributed by atoms with van der Waals surface area (Å²) in [6.45, 7) is 2.69. The van der Waals surface area contributed by atoms with Gasteiger partial charge in [0.05, 0.1) is 12.5 Å². The van der Waals surface area contributed by atoms with Gasteiger partial charge < -0.3 is 4.74 Å². The normalized spacial score (nSPS) is 18.1. The van der Waals surface area contributed by atoms with E-state index in [1.807, 2.05) is 0 Å². The molecule has 0 aromatic rings. The van der Waals surface area contributed by atoms with E-state index in [1.165, 1.54) is 0 Å². The zero-order chi connectivity index (χ0) is 8.81.